The largest absolute Gasteiger partial charge is 0.337 e. The van der Waals surface area contributed by atoms with Crippen LogP contribution < -0.4 is 5.32 Å². The smallest absolute Gasteiger partial charge is 0.103 e. The topological polar surface area (TPSA) is 12.0 Å². The molecular weight excluding hydrogens is 145 g/mol. The Morgan fingerprint density at radius 1 is 1.25 bits per heavy atom. The first kappa shape index (κ1) is 5.99. The van der Waals surface area contributed by atoms with E-state index < -0.39 is 0 Å². The van der Waals surface area contributed by atoms with Gasteiger partial charge in [-0.2, -0.15) is 0 Å². The van der Waals surface area contributed by atoms with E-state index in [-0.39, 0.29) is 0 Å². The molecule has 0 saturated carbocycles. The third-order valence-electron chi connectivity index (χ3n) is 0.833. The molecule has 1 rings (SSSR count). The van der Waals surface area contributed by atoms with Crippen molar-refractivity contribution < 1.29 is 0 Å². The number of halogens is 2. The van der Waals surface area contributed by atoms with Crippen LogP contribution in [0.15, 0.2) is 22.5 Å². The number of allylic oxidation sites excluding steroid dienone is 2. The van der Waals surface area contributed by atoms with E-state index in [4.69, 9.17) is 23.2 Å². The van der Waals surface area contributed by atoms with Crippen LogP contribution in [0.25, 0.3) is 0 Å². The number of nitrogens with one attached hydrogen (secondary N) is 1. The highest BCUT2D eigenvalue weighted by atomic mass is 35.5. The maximum Gasteiger partial charge on any atom is 0.103 e. The Morgan fingerprint density at radius 3 is 2.00 bits per heavy atom. The van der Waals surface area contributed by atoms with E-state index in [0.717, 1.165) is 6.42 Å². The number of hydrogen-bond donors (Lipinski definition) is 1. The first-order valence-corrected chi connectivity index (χ1v) is 3.03. The summed E-state index contributed by atoms with van der Waals surface area (Å²) < 4.78 is 0. The van der Waals surface area contributed by atoms with Crippen molar-refractivity contribution >= 4 is 23.2 Å². The van der Waals surface area contributed by atoms with Crippen LogP contribution in [0.5, 0.6) is 0 Å². The lowest BCUT2D eigenvalue weighted by molar-refractivity contribution is 1.05. The summed E-state index contributed by atoms with van der Waals surface area (Å²) in [5, 5.41) is 3.95. The monoisotopic (exact) mass is 149 g/mol. The van der Waals surface area contributed by atoms with Crippen LogP contribution in [0.4, 0.5) is 0 Å². The highest BCUT2D eigenvalue weighted by molar-refractivity contribution is 6.33. The predicted octanol–water partition coefficient (Wildman–Crippen LogP) is 2.14. The number of dihydropyridines is 1. The maximum absolute atomic E-state index is 5.54. The molecule has 0 amide bonds. The van der Waals surface area contributed by atoms with Crippen molar-refractivity contribution in [1.82, 2.24) is 5.32 Å². The van der Waals surface area contributed by atoms with Crippen LogP contribution in [-0.2, 0) is 0 Å². The minimum Gasteiger partial charge on any atom is -0.337 e. The average Bonchev–Trinajstić information content (AvgIpc) is 1.64. The Bertz CT molecular complexity index is 133. The Labute approximate surface area is 58.0 Å². The number of hydrogen-bond acceptors (Lipinski definition) is 1. The Morgan fingerprint density at radius 2 is 1.75 bits per heavy atom. The lowest BCUT2D eigenvalue weighted by atomic mass is 10.3. The molecule has 0 radical (unpaired) electrons. The molecule has 0 bridgehead atoms. The summed E-state index contributed by atoms with van der Waals surface area (Å²) in [6.07, 6.45) is 4.53. The molecule has 0 spiro atoms. The van der Waals surface area contributed by atoms with Gasteiger partial charge < -0.3 is 5.32 Å². The molecule has 0 aromatic heterocycles. The molecule has 0 aromatic rings. The van der Waals surface area contributed by atoms with Crippen molar-refractivity contribution in [2.24, 2.45) is 0 Å². The van der Waals surface area contributed by atoms with Gasteiger partial charge in [0.25, 0.3) is 0 Å². The van der Waals surface area contributed by atoms with E-state index in [2.05, 4.69) is 5.32 Å². The van der Waals surface area contributed by atoms with Crippen molar-refractivity contribution in [3.63, 3.8) is 0 Å². The second-order valence-electron chi connectivity index (χ2n) is 1.46. The zero-order valence-corrected chi connectivity index (χ0v) is 5.63. The molecule has 1 N–H and O–H groups in total. The first-order valence-electron chi connectivity index (χ1n) is 2.27. The summed E-state index contributed by atoms with van der Waals surface area (Å²) >= 11 is 11.1. The van der Waals surface area contributed by atoms with Crippen LogP contribution in [0.2, 0.25) is 0 Å². The molecule has 1 aliphatic heterocycles. The maximum atomic E-state index is 5.54. The predicted molar refractivity (Wildman–Crippen MR) is 35.6 cm³/mol. The van der Waals surface area contributed by atoms with Crippen molar-refractivity contribution in [2.75, 3.05) is 0 Å². The standard InChI is InChI=1S/C5H5Cl2N/c6-4-2-1-3-5(7)8-4/h2-3,8H,1H2. The molecule has 1 aliphatic rings. The minimum absolute atomic E-state index is 0.609. The van der Waals surface area contributed by atoms with Gasteiger partial charge in [-0.1, -0.05) is 23.2 Å². The molecule has 1 heterocycles. The third-order valence-corrected chi connectivity index (χ3v) is 1.33. The van der Waals surface area contributed by atoms with Crippen molar-refractivity contribution in [1.29, 1.82) is 0 Å². The van der Waals surface area contributed by atoms with Gasteiger partial charge >= 0.3 is 0 Å². The van der Waals surface area contributed by atoms with Crippen molar-refractivity contribution in [2.45, 2.75) is 6.42 Å². The van der Waals surface area contributed by atoms with Gasteiger partial charge in [0, 0.05) is 0 Å². The molecule has 0 fully saturated rings. The summed E-state index contributed by atoms with van der Waals surface area (Å²) in [5.74, 6) is 0. The van der Waals surface area contributed by atoms with Crippen LogP contribution in [-0.4, -0.2) is 0 Å². The molecule has 1 nitrogen and oxygen atoms in total. The SMILES string of the molecule is ClC1=CCC=C(Cl)N1. The zero-order valence-electron chi connectivity index (χ0n) is 4.12. The Balaban J connectivity index is 2.57. The van der Waals surface area contributed by atoms with Gasteiger partial charge in [-0.15, -0.1) is 0 Å². The van der Waals surface area contributed by atoms with Gasteiger partial charge in [0.05, 0.1) is 0 Å². The molecule has 0 aromatic carbocycles. The first-order chi connectivity index (χ1) is 3.79. The van der Waals surface area contributed by atoms with Gasteiger partial charge in [0.1, 0.15) is 10.3 Å². The molecule has 0 atom stereocenters. The minimum atomic E-state index is 0.609. The highest BCUT2D eigenvalue weighted by Crippen LogP contribution is 2.11. The normalized spacial score (nSPS) is 18.8. The molecule has 0 aliphatic carbocycles. The van der Waals surface area contributed by atoms with E-state index in [1.807, 2.05) is 12.2 Å². The van der Waals surface area contributed by atoms with Gasteiger partial charge in [0.2, 0.25) is 0 Å². The van der Waals surface area contributed by atoms with E-state index in [9.17, 15) is 0 Å². The lowest BCUT2D eigenvalue weighted by Crippen LogP contribution is -2.06. The van der Waals surface area contributed by atoms with E-state index in [0.29, 0.717) is 10.3 Å². The number of rotatable bonds is 0. The fraction of sp³-hybridized carbons (Fsp3) is 0.200. The summed E-state index contributed by atoms with van der Waals surface area (Å²) in [7, 11) is 0. The summed E-state index contributed by atoms with van der Waals surface area (Å²) in [6, 6.07) is 0. The molecule has 3 heteroatoms. The lowest BCUT2D eigenvalue weighted by Gasteiger charge is -2.05. The molecule has 8 heavy (non-hydrogen) atoms. The molecule has 44 valence electrons. The highest BCUT2D eigenvalue weighted by Gasteiger charge is 1.97. The molecular formula is C5H5Cl2N. The molecule has 0 saturated heterocycles. The second-order valence-corrected chi connectivity index (χ2v) is 2.28. The van der Waals surface area contributed by atoms with Gasteiger partial charge in [0.15, 0.2) is 0 Å². The zero-order chi connectivity index (χ0) is 5.98. The van der Waals surface area contributed by atoms with Crippen LogP contribution in [0.3, 0.4) is 0 Å². The Kier molecular flexibility index (Phi) is 1.81. The quantitative estimate of drug-likeness (QED) is 0.521. The van der Waals surface area contributed by atoms with Crippen molar-refractivity contribution in [3.8, 4) is 0 Å². The van der Waals surface area contributed by atoms with E-state index in [1.165, 1.54) is 0 Å². The van der Waals surface area contributed by atoms with Crippen LogP contribution >= 0.6 is 23.2 Å². The summed E-state index contributed by atoms with van der Waals surface area (Å²) in [5.41, 5.74) is 0. The second kappa shape index (κ2) is 2.42. The van der Waals surface area contributed by atoms with Gasteiger partial charge in [-0.3, -0.25) is 0 Å². The summed E-state index contributed by atoms with van der Waals surface area (Å²) in [6.45, 7) is 0. The third kappa shape index (κ3) is 1.42. The van der Waals surface area contributed by atoms with Gasteiger partial charge in [-0.05, 0) is 18.6 Å². The Hall–Kier alpha value is -0.140. The van der Waals surface area contributed by atoms with E-state index >= 15 is 0 Å². The van der Waals surface area contributed by atoms with Gasteiger partial charge in [-0.25, -0.2) is 0 Å². The van der Waals surface area contributed by atoms with Crippen LogP contribution in [0, 0.1) is 0 Å². The average molecular weight is 150 g/mol. The fourth-order valence-electron chi connectivity index (χ4n) is 0.482. The van der Waals surface area contributed by atoms with Crippen molar-refractivity contribution in [3.05, 3.63) is 22.5 Å². The van der Waals surface area contributed by atoms with E-state index in [1.54, 1.807) is 0 Å². The van der Waals surface area contributed by atoms with Crippen LogP contribution in [0.1, 0.15) is 6.42 Å². The summed E-state index contributed by atoms with van der Waals surface area (Å²) in [4.78, 5) is 0. The molecule has 0 unspecified atom stereocenters. The fourth-order valence-corrected chi connectivity index (χ4v) is 0.912.